The van der Waals surface area contributed by atoms with Crippen molar-refractivity contribution in [2.75, 3.05) is 11.4 Å². The number of carbonyl (C=O) groups excluding carboxylic acids is 1. The number of ether oxygens (including phenoxy) is 1. The Labute approximate surface area is 135 Å². The van der Waals surface area contributed by atoms with Gasteiger partial charge in [0.25, 0.3) is 5.91 Å². The van der Waals surface area contributed by atoms with Crippen LogP contribution in [0.4, 0.5) is 5.69 Å². The number of anilines is 1. The number of hydrogen-bond donors (Lipinski definition) is 1. The molecule has 2 aromatic carbocycles. The van der Waals surface area contributed by atoms with Crippen LogP contribution in [0, 0.1) is 19.3 Å². The number of carbonyl (C=O) groups is 1. The van der Waals surface area contributed by atoms with E-state index in [0.29, 0.717) is 17.9 Å². The Kier molecular flexibility index (Phi) is 3.94. The lowest BCUT2D eigenvalue weighted by atomic mass is 10.0. The van der Waals surface area contributed by atoms with Gasteiger partial charge in [0.15, 0.2) is 6.10 Å². The maximum absolute atomic E-state index is 12.7. The standard InChI is InChI=1S/C19H17NO3/c1-3-9-20-16-8-7-15(21)12-17(16)23-18(19(20)22)11-14-6-4-5-13(2)10-14/h1,4-8,10,12,18,21H,9,11H2,2H3. The van der Waals surface area contributed by atoms with Crippen molar-refractivity contribution in [3.05, 3.63) is 53.6 Å². The summed E-state index contributed by atoms with van der Waals surface area (Å²) in [6.07, 6.45) is 5.19. The molecule has 1 heterocycles. The lowest BCUT2D eigenvalue weighted by Crippen LogP contribution is -2.47. The molecular formula is C19H17NO3. The van der Waals surface area contributed by atoms with E-state index in [1.165, 1.54) is 17.0 Å². The summed E-state index contributed by atoms with van der Waals surface area (Å²) in [5.41, 5.74) is 2.74. The molecule has 1 aliphatic rings. The van der Waals surface area contributed by atoms with E-state index in [-0.39, 0.29) is 18.2 Å². The van der Waals surface area contributed by atoms with E-state index in [2.05, 4.69) is 5.92 Å². The number of aromatic hydroxyl groups is 1. The van der Waals surface area contributed by atoms with Crippen LogP contribution < -0.4 is 9.64 Å². The fourth-order valence-electron chi connectivity index (χ4n) is 2.75. The number of phenols is 1. The fourth-order valence-corrected chi connectivity index (χ4v) is 2.75. The summed E-state index contributed by atoms with van der Waals surface area (Å²) in [6.45, 7) is 2.18. The third-order valence-corrected chi connectivity index (χ3v) is 3.80. The summed E-state index contributed by atoms with van der Waals surface area (Å²) in [5.74, 6) is 2.90. The van der Waals surface area contributed by atoms with Gasteiger partial charge in [-0.15, -0.1) is 6.42 Å². The summed E-state index contributed by atoms with van der Waals surface area (Å²) < 4.78 is 5.83. The fraction of sp³-hybridized carbons (Fsp3) is 0.211. The maximum atomic E-state index is 12.7. The predicted molar refractivity (Wildman–Crippen MR) is 88.6 cm³/mol. The monoisotopic (exact) mass is 307 g/mol. The smallest absolute Gasteiger partial charge is 0.269 e. The zero-order chi connectivity index (χ0) is 16.4. The van der Waals surface area contributed by atoms with Crippen LogP contribution >= 0.6 is 0 Å². The third-order valence-electron chi connectivity index (χ3n) is 3.80. The molecular weight excluding hydrogens is 290 g/mol. The second-order valence-corrected chi connectivity index (χ2v) is 5.58. The minimum atomic E-state index is -0.653. The summed E-state index contributed by atoms with van der Waals surface area (Å²) >= 11 is 0. The maximum Gasteiger partial charge on any atom is 0.269 e. The number of fused-ring (bicyclic) bond motifs is 1. The van der Waals surface area contributed by atoms with E-state index in [4.69, 9.17) is 11.2 Å². The third kappa shape index (κ3) is 3.00. The molecule has 1 unspecified atom stereocenters. The molecule has 23 heavy (non-hydrogen) atoms. The lowest BCUT2D eigenvalue weighted by Gasteiger charge is -2.33. The van der Waals surface area contributed by atoms with E-state index >= 15 is 0 Å². The molecule has 0 saturated heterocycles. The number of nitrogens with zero attached hydrogens (tertiary/aromatic N) is 1. The van der Waals surface area contributed by atoms with Crippen LogP contribution in [0.15, 0.2) is 42.5 Å². The number of benzene rings is 2. The highest BCUT2D eigenvalue weighted by Crippen LogP contribution is 2.37. The first kappa shape index (κ1) is 15.0. The predicted octanol–water partition coefficient (Wildman–Crippen LogP) is 2.67. The molecule has 4 nitrogen and oxygen atoms in total. The molecule has 1 aliphatic heterocycles. The SMILES string of the molecule is C#CCN1C(=O)C(Cc2cccc(C)c2)Oc2cc(O)ccc21. The second-order valence-electron chi connectivity index (χ2n) is 5.58. The van der Waals surface area contributed by atoms with Crippen LogP contribution in [0.5, 0.6) is 11.5 Å². The highest BCUT2D eigenvalue weighted by molar-refractivity contribution is 6.00. The van der Waals surface area contributed by atoms with Gasteiger partial charge in [0.05, 0.1) is 12.2 Å². The van der Waals surface area contributed by atoms with Gasteiger partial charge in [0, 0.05) is 12.5 Å². The molecule has 1 amide bonds. The first-order valence-corrected chi connectivity index (χ1v) is 7.38. The van der Waals surface area contributed by atoms with Crippen molar-refractivity contribution in [1.82, 2.24) is 0 Å². The van der Waals surface area contributed by atoms with E-state index in [0.717, 1.165) is 11.1 Å². The minimum absolute atomic E-state index is 0.0908. The Morgan fingerprint density at radius 2 is 2.13 bits per heavy atom. The summed E-state index contributed by atoms with van der Waals surface area (Å²) in [4.78, 5) is 14.2. The number of rotatable bonds is 3. The van der Waals surface area contributed by atoms with E-state index in [1.54, 1.807) is 6.07 Å². The Morgan fingerprint density at radius 1 is 1.30 bits per heavy atom. The van der Waals surface area contributed by atoms with Gasteiger partial charge in [-0.25, -0.2) is 0 Å². The number of phenolic OH excluding ortho intramolecular Hbond substituents is 1. The van der Waals surface area contributed by atoms with Gasteiger partial charge in [0.1, 0.15) is 11.5 Å². The molecule has 0 fully saturated rings. The molecule has 0 radical (unpaired) electrons. The molecule has 2 aromatic rings. The van der Waals surface area contributed by atoms with E-state index in [1.807, 2.05) is 31.2 Å². The highest BCUT2D eigenvalue weighted by atomic mass is 16.5. The molecule has 1 N–H and O–H groups in total. The summed E-state index contributed by atoms with van der Waals surface area (Å²) in [5, 5.41) is 9.66. The minimum Gasteiger partial charge on any atom is -0.508 e. The number of aryl methyl sites for hydroxylation is 1. The number of terminal acetylenes is 1. The molecule has 3 rings (SSSR count). The molecule has 4 heteroatoms. The van der Waals surface area contributed by atoms with Crippen LogP contribution in [0.1, 0.15) is 11.1 Å². The van der Waals surface area contributed by atoms with Crippen molar-refractivity contribution in [1.29, 1.82) is 0 Å². The van der Waals surface area contributed by atoms with Crippen molar-refractivity contribution in [3.8, 4) is 23.8 Å². The van der Waals surface area contributed by atoms with Gasteiger partial charge in [0.2, 0.25) is 0 Å². The van der Waals surface area contributed by atoms with Crippen LogP contribution in [0.2, 0.25) is 0 Å². The van der Waals surface area contributed by atoms with Crippen molar-refractivity contribution in [2.24, 2.45) is 0 Å². The van der Waals surface area contributed by atoms with E-state index in [9.17, 15) is 9.90 Å². The normalized spacial score (nSPS) is 16.4. The lowest BCUT2D eigenvalue weighted by molar-refractivity contribution is -0.126. The van der Waals surface area contributed by atoms with Crippen molar-refractivity contribution >= 4 is 11.6 Å². The highest BCUT2D eigenvalue weighted by Gasteiger charge is 2.34. The molecule has 1 atom stereocenters. The van der Waals surface area contributed by atoms with Crippen LogP contribution in [-0.2, 0) is 11.2 Å². The van der Waals surface area contributed by atoms with Crippen LogP contribution in [0.25, 0.3) is 0 Å². The zero-order valence-electron chi connectivity index (χ0n) is 12.8. The Morgan fingerprint density at radius 3 is 2.87 bits per heavy atom. The van der Waals surface area contributed by atoms with Crippen LogP contribution in [0.3, 0.4) is 0 Å². The first-order chi connectivity index (χ1) is 11.1. The van der Waals surface area contributed by atoms with Crippen molar-refractivity contribution in [2.45, 2.75) is 19.4 Å². The van der Waals surface area contributed by atoms with Gasteiger partial charge in [-0.2, -0.15) is 0 Å². The largest absolute Gasteiger partial charge is 0.508 e. The Bertz CT molecular complexity index is 791. The average Bonchev–Trinajstić information content (AvgIpc) is 2.51. The van der Waals surface area contributed by atoms with Gasteiger partial charge in [-0.1, -0.05) is 35.7 Å². The molecule has 0 saturated carbocycles. The second kappa shape index (κ2) is 6.05. The van der Waals surface area contributed by atoms with Crippen molar-refractivity contribution in [3.63, 3.8) is 0 Å². The van der Waals surface area contributed by atoms with Gasteiger partial charge in [-0.3, -0.25) is 9.69 Å². The molecule has 0 bridgehead atoms. The average molecular weight is 307 g/mol. The van der Waals surface area contributed by atoms with Crippen LogP contribution in [-0.4, -0.2) is 23.7 Å². The van der Waals surface area contributed by atoms with Gasteiger partial charge >= 0.3 is 0 Å². The van der Waals surface area contributed by atoms with Gasteiger partial charge in [-0.05, 0) is 24.6 Å². The molecule has 116 valence electrons. The summed E-state index contributed by atoms with van der Waals surface area (Å²) in [6, 6.07) is 12.6. The molecule has 0 spiro atoms. The topological polar surface area (TPSA) is 49.8 Å². The molecule has 0 aromatic heterocycles. The Balaban J connectivity index is 1.93. The number of hydrogen-bond acceptors (Lipinski definition) is 3. The quantitative estimate of drug-likeness (QED) is 0.887. The molecule has 0 aliphatic carbocycles. The van der Waals surface area contributed by atoms with Gasteiger partial charge < -0.3 is 9.84 Å². The first-order valence-electron chi connectivity index (χ1n) is 7.38. The van der Waals surface area contributed by atoms with Crippen molar-refractivity contribution < 1.29 is 14.6 Å². The number of amides is 1. The zero-order valence-corrected chi connectivity index (χ0v) is 12.8. The van der Waals surface area contributed by atoms with E-state index < -0.39 is 6.10 Å². The Hall–Kier alpha value is -2.93. The summed E-state index contributed by atoms with van der Waals surface area (Å²) in [7, 11) is 0.